The summed E-state index contributed by atoms with van der Waals surface area (Å²) in [6.45, 7) is 11.7. The molecule has 0 spiro atoms. The van der Waals surface area contributed by atoms with Gasteiger partial charge in [0.05, 0.1) is 0 Å². The van der Waals surface area contributed by atoms with Gasteiger partial charge in [-0.15, -0.1) is 13.2 Å². The first-order valence-electron chi connectivity index (χ1n) is 4.27. The Morgan fingerprint density at radius 2 is 1.82 bits per heavy atom. The molecule has 1 nitrogen and oxygen atoms in total. The SMILES string of the molecule is C=CCC(CC=C)CNCC. The molecule has 64 valence electrons. The molecule has 1 N–H and O–H groups in total. The summed E-state index contributed by atoms with van der Waals surface area (Å²) in [5, 5.41) is 3.32. The Labute approximate surface area is 70.2 Å². The molecule has 0 aliphatic rings. The Morgan fingerprint density at radius 3 is 2.18 bits per heavy atom. The van der Waals surface area contributed by atoms with Gasteiger partial charge in [-0.1, -0.05) is 19.1 Å². The fourth-order valence-electron chi connectivity index (χ4n) is 1.08. The van der Waals surface area contributed by atoms with Crippen molar-refractivity contribution in [3.8, 4) is 0 Å². The molecular weight excluding hydrogens is 134 g/mol. The predicted molar refractivity (Wildman–Crippen MR) is 51.7 cm³/mol. The molecule has 0 saturated heterocycles. The van der Waals surface area contributed by atoms with Gasteiger partial charge >= 0.3 is 0 Å². The van der Waals surface area contributed by atoms with Crippen molar-refractivity contribution in [3.63, 3.8) is 0 Å². The van der Waals surface area contributed by atoms with Crippen LogP contribution >= 0.6 is 0 Å². The van der Waals surface area contributed by atoms with Crippen molar-refractivity contribution in [2.45, 2.75) is 19.8 Å². The summed E-state index contributed by atoms with van der Waals surface area (Å²) in [5.74, 6) is 0.685. The number of hydrogen-bond acceptors (Lipinski definition) is 1. The van der Waals surface area contributed by atoms with Gasteiger partial charge in [-0.2, -0.15) is 0 Å². The van der Waals surface area contributed by atoms with E-state index in [9.17, 15) is 0 Å². The van der Waals surface area contributed by atoms with Gasteiger partial charge in [0, 0.05) is 0 Å². The smallest absolute Gasteiger partial charge is 0.00147 e. The lowest BCUT2D eigenvalue weighted by Gasteiger charge is -2.12. The molecule has 0 amide bonds. The van der Waals surface area contributed by atoms with E-state index < -0.39 is 0 Å². The van der Waals surface area contributed by atoms with E-state index in [0.717, 1.165) is 25.9 Å². The quantitative estimate of drug-likeness (QED) is 0.554. The van der Waals surface area contributed by atoms with E-state index in [1.165, 1.54) is 0 Å². The maximum atomic E-state index is 3.73. The summed E-state index contributed by atoms with van der Waals surface area (Å²) in [5.41, 5.74) is 0. The molecule has 0 rings (SSSR count). The Kier molecular flexibility index (Phi) is 7.16. The Hall–Kier alpha value is -0.560. The van der Waals surface area contributed by atoms with Gasteiger partial charge in [0.1, 0.15) is 0 Å². The number of rotatable bonds is 7. The summed E-state index contributed by atoms with van der Waals surface area (Å²) < 4.78 is 0. The van der Waals surface area contributed by atoms with Gasteiger partial charge in [0.25, 0.3) is 0 Å². The highest BCUT2D eigenvalue weighted by atomic mass is 14.8. The number of nitrogens with one attached hydrogen (secondary N) is 1. The molecule has 11 heavy (non-hydrogen) atoms. The third kappa shape index (κ3) is 5.86. The first-order valence-corrected chi connectivity index (χ1v) is 4.27. The van der Waals surface area contributed by atoms with Crippen LogP contribution in [0.25, 0.3) is 0 Å². The van der Waals surface area contributed by atoms with Crippen LogP contribution in [0, 0.1) is 5.92 Å². The lowest BCUT2D eigenvalue weighted by Crippen LogP contribution is -2.21. The van der Waals surface area contributed by atoms with Crippen LogP contribution in [-0.2, 0) is 0 Å². The highest BCUT2D eigenvalue weighted by Gasteiger charge is 2.02. The second kappa shape index (κ2) is 7.55. The van der Waals surface area contributed by atoms with Crippen LogP contribution in [-0.4, -0.2) is 13.1 Å². The average Bonchev–Trinajstić information content (AvgIpc) is 2.01. The molecule has 0 saturated carbocycles. The molecule has 0 heterocycles. The Morgan fingerprint density at radius 1 is 1.27 bits per heavy atom. The van der Waals surface area contributed by atoms with E-state index >= 15 is 0 Å². The van der Waals surface area contributed by atoms with Crippen LogP contribution in [0.2, 0.25) is 0 Å². The van der Waals surface area contributed by atoms with Gasteiger partial charge in [0.15, 0.2) is 0 Å². The van der Waals surface area contributed by atoms with E-state index in [-0.39, 0.29) is 0 Å². The van der Waals surface area contributed by atoms with E-state index in [1.54, 1.807) is 0 Å². The van der Waals surface area contributed by atoms with E-state index in [4.69, 9.17) is 0 Å². The van der Waals surface area contributed by atoms with E-state index in [0.29, 0.717) is 5.92 Å². The third-order valence-corrected chi connectivity index (χ3v) is 1.68. The first kappa shape index (κ1) is 10.4. The standard InChI is InChI=1S/C10H19N/c1-4-7-10(8-5-2)9-11-6-3/h4-5,10-11H,1-2,6-9H2,3H3. The van der Waals surface area contributed by atoms with Crippen LogP contribution in [0.1, 0.15) is 19.8 Å². The van der Waals surface area contributed by atoms with Crippen molar-refractivity contribution in [3.05, 3.63) is 25.3 Å². The molecule has 1 heteroatoms. The normalized spacial score (nSPS) is 10.0. The van der Waals surface area contributed by atoms with E-state index in [2.05, 4.69) is 25.4 Å². The van der Waals surface area contributed by atoms with Gasteiger partial charge < -0.3 is 5.32 Å². The molecule has 0 aromatic heterocycles. The molecule has 0 unspecified atom stereocenters. The molecule has 0 atom stereocenters. The van der Waals surface area contributed by atoms with E-state index in [1.807, 2.05) is 12.2 Å². The number of allylic oxidation sites excluding steroid dienone is 2. The lowest BCUT2D eigenvalue weighted by molar-refractivity contribution is 0.494. The Balaban J connectivity index is 3.49. The minimum absolute atomic E-state index is 0.685. The predicted octanol–water partition coefficient (Wildman–Crippen LogP) is 2.36. The molecule has 0 fully saturated rings. The van der Waals surface area contributed by atoms with Crippen LogP contribution in [0.5, 0.6) is 0 Å². The summed E-state index contributed by atoms with van der Waals surface area (Å²) in [7, 11) is 0. The highest BCUT2D eigenvalue weighted by molar-refractivity contribution is 4.80. The van der Waals surface area contributed by atoms with Crippen LogP contribution in [0.3, 0.4) is 0 Å². The van der Waals surface area contributed by atoms with Gasteiger partial charge in [0.2, 0.25) is 0 Å². The van der Waals surface area contributed by atoms with Crippen molar-refractivity contribution in [2.24, 2.45) is 5.92 Å². The molecule has 0 aliphatic carbocycles. The summed E-state index contributed by atoms with van der Waals surface area (Å²) in [6, 6.07) is 0. The zero-order valence-electron chi connectivity index (χ0n) is 7.47. The molecule has 0 aliphatic heterocycles. The van der Waals surface area contributed by atoms with Crippen molar-refractivity contribution in [1.82, 2.24) is 5.32 Å². The third-order valence-electron chi connectivity index (χ3n) is 1.68. The molecule has 0 radical (unpaired) electrons. The van der Waals surface area contributed by atoms with Gasteiger partial charge in [-0.25, -0.2) is 0 Å². The number of hydrogen-bond donors (Lipinski definition) is 1. The molecular formula is C10H19N. The van der Waals surface area contributed by atoms with Crippen molar-refractivity contribution >= 4 is 0 Å². The zero-order valence-corrected chi connectivity index (χ0v) is 7.47. The maximum Gasteiger partial charge on any atom is -0.00147 e. The average molecular weight is 153 g/mol. The topological polar surface area (TPSA) is 12.0 Å². The molecule has 0 aromatic carbocycles. The van der Waals surface area contributed by atoms with Gasteiger partial charge in [-0.3, -0.25) is 0 Å². The van der Waals surface area contributed by atoms with Crippen molar-refractivity contribution in [2.75, 3.05) is 13.1 Å². The van der Waals surface area contributed by atoms with Gasteiger partial charge in [-0.05, 0) is 31.8 Å². The highest BCUT2D eigenvalue weighted by Crippen LogP contribution is 2.07. The van der Waals surface area contributed by atoms with Crippen molar-refractivity contribution in [1.29, 1.82) is 0 Å². The largest absolute Gasteiger partial charge is 0.317 e. The first-order chi connectivity index (χ1) is 5.35. The summed E-state index contributed by atoms with van der Waals surface area (Å²) >= 11 is 0. The minimum atomic E-state index is 0.685. The summed E-state index contributed by atoms with van der Waals surface area (Å²) in [4.78, 5) is 0. The van der Waals surface area contributed by atoms with Crippen LogP contribution < -0.4 is 5.32 Å². The van der Waals surface area contributed by atoms with Crippen LogP contribution in [0.15, 0.2) is 25.3 Å². The zero-order chi connectivity index (χ0) is 8.53. The van der Waals surface area contributed by atoms with Crippen LogP contribution in [0.4, 0.5) is 0 Å². The Bertz CT molecular complexity index is 97.4. The second-order valence-corrected chi connectivity index (χ2v) is 2.72. The molecule has 0 aromatic rings. The van der Waals surface area contributed by atoms with Crippen molar-refractivity contribution < 1.29 is 0 Å². The fraction of sp³-hybridized carbons (Fsp3) is 0.600. The maximum absolute atomic E-state index is 3.73. The second-order valence-electron chi connectivity index (χ2n) is 2.72. The fourth-order valence-corrected chi connectivity index (χ4v) is 1.08. The summed E-state index contributed by atoms with van der Waals surface area (Å²) in [6.07, 6.45) is 6.12. The minimum Gasteiger partial charge on any atom is -0.317 e. The lowest BCUT2D eigenvalue weighted by atomic mass is 10.0. The monoisotopic (exact) mass is 153 g/mol. The molecule has 0 bridgehead atoms.